The Morgan fingerprint density at radius 3 is 2.17 bits per heavy atom. The summed E-state index contributed by atoms with van der Waals surface area (Å²) in [6.07, 6.45) is 0. The van der Waals surface area contributed by atoms with E-state index in [2.05, 4.69) is 12.1 Å². The number of aryl methyl sites for hydroxylation is 2. The van der Waals surface area contributed by atoms with Crippen LogP contribution in [0.3, 0.4) is 0 Å². The van der Waals surface area contributed by atoms with Gasteiger partial charge in [0.2, 0.25) is 0 Å². The van der Waals surface area contributed by atoms with Gasteiger partial charge < -0.3 is 19.3 Å². The molecule has 0 amide bonds. The molecule has 3 rings (SSSR count). The van der Waals surface area contributed by atoms with Gasteiger partial charge in [-0.25, -0.2) is 4.79 Å². The van der Waals surface area contributed by atoms with Crippen LogP contribution in [0.1, 0.15) is 16.7 Å². The molecule has 0 saturated carbocycles. The van der Waals surface area contributed by atoms with Crippen molar-refractivity contribution in [3.8, 4) is 22.6 Å². The van der Waals surface area contributed by atoms with E-state index < -0.39 is 5.97 Å². The molecule has 0 spiro atoms. The van der Waals surface area contributed by atoms with E-state index in [0.717, 1.165) is 33.6 Å². The molecule has 5 heteroatoms. The Hall–Kier alpha value is -3.31. The van der Waals surface area contributed by atoms with Crippen molar-refractivity contribution in [3.63, 3.8) is 0 Å². The van der Waals surface area contributed by atoms with Crippen LogP contribution in [0, 0.1) is 13.8 Å². The number of aliphatic hydroxyl groups excluding tert-OH is 1. The summed E-state index contributed by atoms with van der Waals surface area (Å²) in [6, 6.07) is 21.2. The molecular formula is C25H26O5. The summed E-state index contributed by atoms with van der Waals surface area (Å²) < 4.78 is 16.4. The number of carbonyl (C=O) groups is 1. The number of benzene rings is 3. The fraction of sp³-hybridized carbons (Fsp3) is 0.240. The van der Waals surface area contributed by atoms with Crippen LogP contribution in [0.25, 0.3) is 11.1 Å². The van der Waals surface area contributed by atoms with E-state index in [1.54, 1.807) is 0 Å². The first-order valence-corrected chi connectivity index (χ1v) is 9.84. The van der Waals surface area contributed by atoms with Crippen LogP contribution in [0.4, 0.5) is 0 Å². The molecular weight excluding hydrogens is 380 g/mol. The summed E-state index contributed by atoms with van der Waals surface area (Å²) in [4.78, 5) is 11.9. The van der Waals surface area contributed by atoms with Crippen molar-refractivity contribution in [1.29, 1.82) is 0 Å². The fourth-order valence-electron chi connectivity index (χ4n) is 3.16. The Morgan fingerprint density at radius 2 is 1.53 bits per heavy atom. The molecule has 5 nitrogen and oxygen atoms in total. The molecule has 0 radical (unpaired) electrons. The molecule has 0 bridgehead atoms. The minimum atomic E-state index is -0.410. The third-order valence-electron chi connectivity index (χ3n) is 4.59. The maximum atomic E-state index is 11.9. The minimum Gasteiger partial charge on any atom is -0.491 e. The van der Waals surface area contributed by atoms with Gasteiger partial charge in [0.15, 0.2) is 6.61 Å². The van der Waals surface area contributed by atoms with Crippen molar-refractivity contribution in [2.45, 2.75) is 20.5 Å². The Labute approximate surface area is 176 Å². The highest BCUT2D eigenvalue weighted by Crippen LogP contribution is 2.31. The van der Waals surface area contributed by atoms with Gasteiger partial charge in [-0.15, -0.1) is 0 Å². The van der Waals surface area contributed by atoms with Gasteiger partial charge in [-0.3, -0.25) is 0 Å². The predicted molar refractivity (Wildman–Crippen MR) is 116 cm³/mol. The number of aliphatic hydroxyl groups is 1. The first-order chi connectivity index (χ1) is 14.6. The highest BCUT2D eigenvalue weighted by molar-refractivity contribution is 5.71. The first kappa shape index (κ1) is 21.4. The molecule has 0 atom stereocenters. The summed E-state index contributed by atoms with van der Waals surface area (Å²) >= 11 is 0. The van der Waals surface area contributed by atoms with E-state index in [0.29, 0.717) is 5.75 Å². The van der Waals surface area contributed by atoms with Gasteiger partial charge in [0.25, 0.3) is 0 Å². The maximum absolute atomic E-state index is 11.9. The van der Waals surface area contributed by atoms with Crippen molar-refractivity contribution in [2.24, 2.45) is 0 Å². The standard InChI is InChI=1S/C25H26O5/c1-18-14-22(15-19(2)25(18)28-13-12-26)21-8-10-23(11-9-21)29-17-24(27)30-16-20-6-4-3-5-7-20/h3-11,14-15,26H,12-13,16-17H2,1-2H3. The third-order valence-corrected chi connectivity index (χ3v) is 4.59. The number of hydrogen-bond acceptors (Lipinski definition) is 5. The second kappa shape index (κ2) is 10.5. The van der Waals surface area contributed by atoms with E-state index in [1.165, 1.54) is 0 Å². The number of carbonyl (C=O) groups excluding carboxylic acids is 1. The van der Waals surface area contributed by atoms with Gasteiger partial charge in [-0.05, 0) is 65.9 Å². The molecule has 0 aliphatic rings. The summed E-state index contributed by atoms with van der Waals surface area (Å²) in [5.41, 5.74) is 5.07. The van der Waals surface area contributed by atoms with E-state index >= 15 is 0 Å². The smallest absolute Gasteiger partial charge is 0.344 e. The summed E-state index contributed by atoms with van der Waals surface area (Å²) in [7, 11) is 0. The normalized spacial score (nSPS) is 10.5. The molecule has 156 valence electrons. The predicted octanol–water partition coefficient (Wildman–Crippen LogP) is 4.46. The second-order valence-electron chi connectivity index (χ2n) is 6.97. The van der Waals surface area contributed by atoms with Crippen LogP contribution in [0.2, 0.25) is 0 Å². The molecule has 0 saturated heterocycles. The summed E-state index contributed by atoms with van der Waals surface area (Å²) in [5, 5.41) is 8.96. The van der Waals surface area contributed by atoms with Crippen LogP contribution in [0.5, 0.6) is 11.5 Å². The molecule has 3 aromatic rings. The largest absolute Gasteiger partial charge is 0.491 e. The molecule has 0 heterocycles. The Kier molecular flexibility index (Phi) is 7.46. The summed E-state index contributed by atoms with van der Waals surface area (Å²) in [6.45, 7) is 4.34. The van der Waals surface area contributed by atoms with Crippen molar-refractivity contribution in [1.82, 2.24) is 0 Å². The number of hydrogen-bond donors (Lipinski definition) is 1. The van der Waals surface area contributed by atoms with Crippen molar-refractivity contribution in [3.05, 3.63) is 83.4 Å². The van der Waals surface area contributed by atoms with Crippen molar-refractivity contribution >= 4 is 5.97 Å². The highest BCUT2D eigenvalue weighted by atomic mass is 16.6. The molecule has 30 heavy (non-hydrogen) atoms. The Balaban J connectivity index is 1.56. The Bertz CT molecular complexity index is 942. The van der Waals surface area contributed by atoms with Crippen LogP contribution in [-0.2, 0) is 16.1 Å². The number of rotatable bonds is 9. The van der Waals surface area contributed by atoms with E-state index in [4.69, 9.17) is 19.3 Å². The SMILES string of the molecule is Cc1cc(-c2ccc(OCC(=O)OCc3ccccc3)cc2)cc(C)c1OCCO. The van der Waals surface area contributed by atoms with Crippen LogP contribution >= 0.6 is 0 Å². The molecule has 3 aromatic carbocycles. The van der Waals surface area contributed by atoms with Crippen LogP contribution < -0.4 is 9.47 Å². The number of ether oxygens (including phenoxy) is 3. The van der Waals surface area contributed by atoms with Gasteiger partial charge in [-0.2, -0.15) is 0 Å². The molecule has 0 aliphatic heterocycles. The third kappa shape index (κ3) is 5.84. The fourth-order valence-corrected chi connectivity index (χ4v) is 3.16. The lowest BCUT2D eigenvalue weighted by Gasteiger charge is -2.14. The zero-order valence-electron chi connectivity index (χ0n) is 17.3. The van der Waals surface area contributed by atoms with E-state index in [9.17, 15) is 4.79 Å². The van der Waals surface area contributed by atoms with Gasteiger partial charge in [-0.1, -0.05) is 42.5 Å². The van der Waals surface area contributed by atoms with E-state index in [-0.39, 0.29) is 26.4 Å². The monoisotopic (exact) mass is 406 g/mol. The lowest BCUT2D eigenvalue weighted by atomic mass is 9.99. The summed E-state index contributed by atoms with van der Waals surface area (Å²) in [5.74, 6) is 1.00. The van der Waals surface area contributed by atoms with Gasteiger partial charge in [0.1, 0.15) is 24.7 Å². The maximum Gasteiger partial charge on any atom is 0.344 e. The van der Waals surface area contributed by atoms with Gasteiger partial charge in [0, 0.05) is 0 Å². The lowest BCUT2D eigenvalue weighted by Crippen LogP contribution is -2.14. The second-order valence-corrected chi connectivity index (χ2v) is 6.97. The number of esters is 1. The van der Waals surface area contributed by atoms with Crippen molar-refractivity contribution < 1.29 is 24.1 Å². The Morgan fingerprint density at radius 1 is 0.867 bits per heavy atom. The molecule has 0 fully saturated rings. The van der Waals surface area contributed by atoms with Crippen molar-refractivity contribution in [2.75, 3.05) is 19.8 Å². The zero-order chi connectivity index (χ0) is 21.3. The topological polar surface area (TPSA) is 65.0 Å². The quantitative estimate of drug-likeness (QED) is 0.532. The minimum absolute atomic E-state index is 0.0120. The first-order valence-electron chi connectivity index (χ1n) is 9.84. The highest BCUT2D eigenvalue weighted by Gasteiger charge is 2.09. The van der Waals surface area contributed by atoms with Gasteiger partial charge >= 0.3 is 5.97 Å². The van der Waals surface area contributed by atoms with Crippen LogP contribution in [-0.4, -0.2) is 30.9 Å². The average molecular weight is 406 g/mol. The zero-order valence-corrected chi connectivity index (χ0v) is 17.3. The molecule has 0 aromatic heterocycles. The lowest BCUT2D eigenvalue weighted by molar-refractivity contribution is -0.147. The van der Waals surface area contributed by atoms with E-state index in [1.807, 2.05) is 68.4 Å². The average Bonchev–Trinajstić information content (AvgIpc) is 2.76. The van der Waals surface area contributed by atoms with Gasteiger partial charge in [0.05, 0.1) is 6.61 Å². The molecule has 0 unspecified atom stereocenters. The van der Waals surface area contributed by atoms with Crippen LogP contribution in [0.15, 0.2) is 66.7 Å². The molecule has 0 aliphatic carbocycles. The molecule has 1 N–H and O–H groups in total.